The summed E-state index contributed by atoms with van der Waals surface area (Å²) in [4.78, 5) is 0. The van der Waals surface area contributed by atoms with Crippen LogP contribution in [-0.4, -0.2) is 23.4 Å². The van der Waals surface area contributed by atoms with Crippen LogP contribution in [0.2, 0.25) is 0 Å². The SMILES string of the molecule is BrCCC(c1ccccc1)N1CCCCCN1. The Hall–Kier alpha value is -0.380. The molecule has 0 saturated carbocycles. The van der Waals surface area contributed by atoms with E-state index in [0.717, 1.165) is 24.8 Å². The van der Waals surface area contributed by atoms with Crippen LogP contribution in [0.4, 0.5) is 0 Å². The quantitative estimate of drug-likeness (QED) is 0.856. The summed E-state index contributed by atoms with van der Waals surface area (Å²) in [6, 6.07) is 11.3. The molecule has 1 unspecified atom stereocenters. The minimum atomic E-state index is 0.494. The van der Waals surface area contributed by atoms with E-state index in [1.165, 1.54) is 24.8 Å². The number of hydrogen-bond donors (Lipinski definition) is 1. The summed E-state index contributed by atoms with van der Waals surface area (Å²) >= 11 is 3.58. The van der Waals surface area contributed by atoms with Crippen molar-refractivity contribution in [3.8, 4) is 0 Å². The third-order valence-electron chi connectivity index (χ3n) is 3.33. The Balaban J connectivity index is 2.10. The molecule has 1 aliphatic heterocycles. The Morgan fingerprint density at radius 1 is 1.18 bits per heavy atom. The maximum atomic E-state index is 3.58. The van der Waals surface area contributed by atoms with Gasteiger partial charge in [0.1, 0.15) is 0 Å². The Morgan fingerprint density at radius 2 is 2.00 bits per heavy atom. The highest BCUT2D eigenvalue weighted by Gasteiger charge is 2.20. The predicted octanol–water partition coefficient (Wildman–Crippen LogP) is 3.50. The van der Waals surface area contributed by atoms with Crippen molar-refractivity contribution in [1.29, 1.82) is 0 Å². The topological polar surface area (TPSA) is 15.3 Å². The van der Waals surface area contributed by atoms with Crippen LogP contribution in [0, 0.1) is 0 Å². The Morgan fingerprint density at radius 3 is 2.76 bits per heavy atom. The fourth-order valence-electron chi connectivity index (χ4n) is 2.43. The fourth-order valence-corrected chi connectivity index (χ4v) is 2.87. The molecule has 0 aliphatic carbocycles. The largest absolute Gasteiger partial charge is 0.255 e. The molecule has 1 aliphatic rings. The minimum Gasteiger partial charge on any atom is -0.255 e. The van der Waals surface area contributed by atoms with E-state index in [1.54, 1.807) is 0 Å². The summed E-state index contributed by atoms with van der Waals surface area (Å²) in [6.07, 6.45) is 5.10. The van der Waals surface area contributed by atoms with Gasteiger partial charge in [0.2, 0.25) is 0 Å². The van der Waals surface area contributed by atoms with Crippen LogP contribution in [0.3, 0.4) is 0 Å². The van der Waals surface area contributed by atoms with E-state index in [9.17, 15) is 0 Å². The molecule has 1 heterocycles. The van der Waals surface area contributed by atoms with Crippen LogP contribution < -0.4 is 5.43 Å². The molecule has 1 aromatic carbocycles. The number of alkyl halides is 1. The number of nitrogens with one attached hydrogen (secondary N) is 1. The van der Waals surface area contributed by atoms with Crippen LogP contribution in [-0.2, 0) is 0 Å². The first kappa shape index (κ1) is 13.1. The molecule has 0 spiro atoms. The molecule has 0 bridgehead atoms. The monoisotopic (exact) mass is 296 g/mol. The van der Waals surface area contributed by atoms with Gasteiger partial charge in [-0.15, -0.1) is 0 Å². The third kappa shape index (κ3) is 3.80. The first-order valence-electron chi connectivity index (χ1n) is 6.53. The second-order valence-corrected chi connectivity index (χ2v) is 5.36. The second-order valence-electron chi connectivity index (χ2n) is 4.57. The van der Waals surface area contributed by atoms with Gasteiger partial charge in [-0.1, -0.05) is 52.7 Å². The molecule has 2 nitrogen and oxygen atoms in total. The zero-order valence-electron chi connectivity index (χ0n) is 10.2. The van der Waals surface area contributed by atoms with E-state index in [4.69, 9.17) is 0 Å². The molecule has 0 amide bonds. The van der Waals surface area contributed by atoms with E-state index in [2.05, 4.69) is 56.7 Å². The molecular weight excluding hydrogens is 276 g/mol. The predicted molar refractivity (Wildman–Crippen MR) is 76.2 cm³/mol. The number of nitrogens with zero attached hydrogens (tertiary/aromatic N) is 1. The third-order valence-corrected chi connectivity index (χ3v) is 3.79. The molecule has 2 rings (SSSR count). The molecule has 1 N–H and O–H groups in total. The van der Waals surface area contributed by atoms with Crippen molar-refractivity contribution in [2.75, 3.05) is 18.4 Å². The van der Waals surface area contributed by atoms with E-state index in [1.807, 2.05) is 0 Å². The lowest BCUT2D eigenvalue weighted by Crippen LogP contribution is -2.40. The van der Waals surface area contributed by atoms with Gasteiger partial charge in [0, 0.05) is 18.4 Å². The maximum Gasteiger partial charge on any atom is 0.0500 e. The summed E-state index contributed by atoms with van der Waals surface area (Å²) < 4.78 is 0. The molecular formula is C14H21BrN2. The molecule has 1 fully saturated rings. The van der Waals surface area contributed by atoms with E-state index in [0.29, 0.717) is 6.04 Å². The summed E-state index contributed by atoms with van der Waals surface area (Å²) in [5.74, 6) is 0. The number of benzene rings is 1. The molecule has 0 radical (unpaired) electrons. The number of hydrogen-bond acceptors (Lipinski definition) is 2. The van der Waals surface area contributed by atoms with Crippen molar-refractivity contribution in [3.63, 3.8) is 0 Å². The molecule has 1 aromatic rings. The van der Waals surface area contributed by atoms with Crippen LogP contribution in [0.25, 0.3) is 0 Å². The average molecular weight is 297 g/mol. The highest BCUT2D eigenvalue weighted by atomic mass is 79.9. The van der Waals surface area contributed by atoms with Crippen molar-refractivity contribution in [1.82, 2.24) is 10.4 Å². The van der Waals surface area contributed by atoms with Gasteiger partial charge in [-0.05, 0) is 24.8 Å². The molecule has 94 valence electrons. The van der Waals surface area contributed by atoms with Gasteiger partial charge in [-0.3, -0.25) is 5.43 Å². The maximum absolute atomic E-state index is 3.58. The summed E-state index contributed by atoms with van der Waals surface area (Å²) in [5.41, 5.74) is 5.00. The minimum absolute atomic E-state index is 0.494. The van der Waals surface area contributed by atoms with Gasteiger partial charge in [-0.25, -0.2) is 5.01 Å². The lowest BCUT2D eigenvalue weighted by atomic mass is 10.0. The van der Waals surface area contributed by atoms with Crippen molar-refractivity contribution >= 4 is 15.9 Å². The Bertz CT molecular complexity index is 307. The smallest absolute Gasteiger partial charge is 0.0500 e. The lowest BCUT2D eigenvalue weighted by molar-refractivity contribution is 0.130. The van der Waals surface area contributed by atoms with Gasteiger partial charge in [0.25, 0.3) is 0 Å². The first-order chi connectivity index (χ1) is 8.42. The second kappa shape index (κ2) is 7.14. The highest BCUT2D eigenvalue weighted by molar-refractivity contribution is 9.09. The van der Waals surface area contributed by atoms with Gasteiger partial charge >= 0.3 is 0 Å². The average Bonchev–Trinajstić information content (AvgIpc) is 2.66. The molecule has 3 heteroatoms. The highest BCUT2D eigenvalue weighted by Crippen LogP contribution is 2.25. The number of rotatable bonds is 4. The molecule has 0 aromatic heterocycles. The fraction of sp³-hybridized carbons (Fsp3) is 0.571. The number of halogens is 1. The van der Waals surface area contributed by atoms with Crippen LogP contribution in [0.15, 0.2) is 30.3 Å². The van der Waals surface area contributed by atoms with E-state index in [-0.39, 0.29) is 0 Å². The van der Waals surface area contributed by atoms with Crippen LogP contribution >= 0.6 is 15.9 Å². The van der Waals surface area contributed by atoms with Crippen molar-refractivity contribution in [3.05, 3.63) is 35.9 Å². The summed E-state index contributed by atoms with van der Waals surface area (Å²) in [5, 5.41) is 3.48. The molecule has 17 heavy (non-hydrogen) atoms. The van der Waals surface area contributed by atoms with Crippen LogP contribution in [0.5, 0.6) is 0 Å². The Kier molecular flexibility index (Phi) is 5.49. The molecule has 1 atom stereocenters. The van der Waals surface area contributed by atoms with E-state index >= 15 is 0 Å². The zero-order chi connectivity index (χ0) is 11.9. The van der Waals surface area contributed by atoms with Crippen molar-refractivity contribution in [2.24, 2.45) is 0 Å². The van der Waals surface area contributed by atoms with Crippen LogP contribution in [0.1, 0.15) is 37.3 Å². The lowest BCUT2D eigenvalue weighted by Gasteiger charge is -2.31. The van der Waals surface area contributed by atoms with E-state index < -0.39 is 0 Å². The normalized spacial score (nSPS) is 19.8. The van der Waals surface area contributed by atoms with Crippen molar-refractivity contribution < 1.29 is 0 Å². The van der Waals surface area contributed by atoms with Gasteiger partial charge < -0.3 is 0 Å². The summed E-state index contributed by atoms with van der Waals surface area (Å²) in [6.45, 7) is 2.28. The first-order valence-corrected chi connectivity index (χ1v) is 7.65. The zero-order valence-corrected chi connectivity index (χ0v) is 11.8. The van der Waals surface area contributed by atoms with Crippen molar-refractivity contribution in [2.45, 2.75) is 31.7 Å². The van der Waals surface area contributed by atoms with Gasteiger partial charge in [-0.2, -0.15) is 0 Å². The van der Waals surface area contributed by atoms with Gasteiger partial charge in [0.15, 0.2) is 0 Å². The molecule has 1 saturated heterocycles. The summed E-state index contributed by atoms with van der Waals surface area (Å²) in [7, 11) is 0. The number of hydrazine groups is 1. The standard InChI is InChI=1S/C14H21BrN2/c15-10-9-14(13-7-3-1-4-8-13)17-12-6-2-5-11-16-17/h1,3-4,7-8,14,16H,2,5-6,9-12H2. The Labute approximate surface area is 112 Å². The van der Waals surface area contributed by atoms with Gasteiger partial charge in [0.05, 0.1) is 6.04 Å².